The molecule has 0 aliphatic carbocycles. The van der Waals surface area contributed by atoms with Crippen LogP contribution in [-0.4, -0.2) is 7.05 Å². The van der Waals surface area contributed by atoms with Crippen molar-refractivity contribution in [2.75, 3.05) is 7.05 Å². The van der Waals surface area contributed by atoms with Gasteiger partial charge in [0.1, 0.15) is 0 Å². The molecule has 0 aromatic carbocycles. The first-order valence-electron chi connectivity index (χ1n) is 5.16. The van der Waals surface area contributed by atoms with Crippen LogP contribution < -0.4 is 5.32 Å². The van der Waals surface area contributed by atoms with E-state index in [9.17, 15) is 0 Å². The molecule has 0 spiro atoms. The van der Waals surface area contributed by atoms with Crippen molar-refractivity contribution in [2.24, 2.45) is 5.92 Å². The van der Waals surface area contributed by atoms with E-state index < -0.39 is 0 Å². The summed E-state index contributed by atoms with van der Waals surface area (Å²) in [5, 5.41) is 4.16. The van der Waals surface area contributed by atoms with Gasteiger partial charge in [0.2, 0.25) is 0 Å². The summed E-state index contributed by atoms with van der Waals surface area (Å²) in [6.45, 7) is 4.51. The van der Waals surface area contributed by atoms with Crippen molar-refractivity contribution in [1.82, 2.24) is 5.32 Å². The highest BCUT2D eigenvalue weighted by molar-refractivity contribution is 9.11. The largest absolute Gasteiger partial charge is 0.312 e. The van der Waals surface area contributed by atoms with Crippen LogP contribution in [0.2, 0.25) is 5.02 Å². The third-order valence-corrected chi connectivity index (χ3v) is 4.98. The van der Waals surface area contributed by atoms with E-state index in [2.05, 4.69) is 41.2 Å². The van der Waals surface area contributed by atoms with Crippen molar-refractivity contribution in [3.8, 4) is 0 Å². The second kappa shape index (κ2) is 6.24. The van der Waals surface area contributed by atoms with Crippen LogP contribution in [0.5, 0.6) is 0 Å². The fraction of sp³-hybridized carbons (Fsp3) is 0.636. The Labute approximate surface area is 109 Å². The minimum Gasteiger partial charge on any atom is -0.312 e. The molecule has 0 saturated heterocycles. The molecule has 0 amide bonds. The monoisotopic (exact) mass is 309 g/mol. The first kappa shape index (κ1) is 13.5. The lowest BCUT2D eigenvalue weighted by Crippen LogP contribution is -2.15. The maximum atomic E-state index is 6.03. The van der Waals surface area contributed by atoms with Crippen molar-refractivity contribution in [1.29, 1.82) is 0 Å². The topological polar surface area (TPSA) is 12.0 Å². The van der Waals surface area contributed by atoms with Gasteiger partial charge in [0.25, 0.3) is 0 Å². The van der Waals surface area contributed by atoms with E-state index >= 15 is 0 Å². The maximum absolute atomic E-state index is 6.03. The van der Waals surface area contributed by atoms with Gasteiger partial charge >= 0.3 is 0 Å². The van der Waals surface area contributed by atoms with E-state index in [0.29, 0.717) is 6.04 Å². The fourth-order valence-corrected chi connectivity index (χ4v) is 3.36. The lowest BCUT2D eigenvalue weighted by molar-refractivity contribution is 0.469. The molecule has 1 aromatic heterocycles. The molecular weight excluding hydrogens is 294 g/mol. The Hall–Kier alpha value is 0.430. The number of rotatable bonds is 5. The average Bonchev–Trinajstić information content (AvgIpc) is 2.47. The highest BCUT2D eigenvalue weighted by Crippen LogP contribution is 2.36. The zero-order valence-corrected chi connectivity index (χ0v) is 12.5. The van der Waals surface area contributed by atoms with Gasteiger partial charge in [-0.05, 0) is 47.8 Å². The number of hydrogen-bond donors (Lipinski definition) is 1. The maximum Gasteiger partial charge on any atom is 0.0887 e. The number of nitrogens with one attached hydrogen (secondary N) is 1. The Morgan fingerprint density at radius 1 is 1.47 bits per heavy atom. The van der Waals surface area contributed by atoms with Gasteiger partial charge in [-0.15, -0.1) is 11.3 Å². The van der Waals surface area contributed by atoms with Gasteiger partial charge in [-0.2, -0.15) is 0 Å². The van der Waals surface area contributed by atoms with Gasteiger partial charge in [0, 0.05) is 10.9 Å². The molecule has 0 saturated carbocycles. The summed E-state index contributed by atoms with van der Waals surface area (Å²) in [5.74, 6) is 0.750. The molecule has 1 nitrogen and oxygen atoms in total. The molecule has 4 heteroatoms. The molecular formula is C11H17BrClNS. The zero-order valence-electron chi connectivity index (χ0n) is 9.31. The lowest BCUT2D eigenvalue weighted by atomic mass is 10.0. The third kappa shape index (κ3) is 4.06. The van der Waals surface area contributed by atoms with Crippen LogP contribution in [-0.2, 0) is 0 Å². The molecule has 0 aliphatic rings. The van der Waals surface area contributed by atoms with Crippen molar-refractivity contribution in [3.63, 3.8) is 0 Å². The van der Waals surface area contributed by atoms with Crippen LogP contribution in [0.4, 0.5) is 0 Å². The first-order valence-corrected chi connectivity index (χ1v) is 7.15. The van der Waals surface area contributed by atoms with Gasteiger partial charge in [0.05, 0.1) is 8.81 Å². The summed E-state index contributed by atoms with van der Waals surface area (Å²) >= 11 is 11.2. The molecule has 1 aromatic rings. The summed E-state index contributed by atoms with van der Waals surface area (Å²) in [4.78, 5) is 1.31. The van der Waals surface area contributed by atoms with Crippen LogP contribution >= 0.6 is 38.9 Å². The highest BCUT2D eigenvalue weighted by atomic mass is 79.9. The molecule has 1 rings (SSSR count). The third-order valence-electron chi connectivity index (χ3n) is 2.39. The van der Waals surface area contributed by atoms with E-state index in [1.807, 2.05) is 7.05 Å². The molecule has 0 radical (unpaired) electrons. The summed E-state index contributed by atoms with van der Waals surface area (Å²) in [7, 11) is 2.01. The second-order valence-electron chi connectivity index (χ2n) is 4.08. The van der Waals surface area contributed by atoms with Crippen LogP contribution in [0.1, 0.15) is 37.6 Å². The fourth-order valence-electron chi connectivity index (χ4n) is 1.46. The molecule has 1 unspecified atom stereocenters. The van der Waals surface area contributed by atoms with Crippen molar-refractivity contribution < 1.29 is 0 Å². The minimum absolute atomic E-state index is 0.432. The standard InChI is InChI=1S/C11H17BrClNS/c1-7(2)4-5-9(14-3)10-6-8(13)11(12)15-10/h6-7,9,14H,4-5H2,1-3H3. The summed E-state index contributed by atoms with van der Waals surface area (Å²) in [5.41, 5.74) is 0. The van der Waals surface area contributed by atoms with E-state index in [-0.39, 0.29) is 0 Å². The van der Waals surface area contributed by atoms with E-state index in [1.165, 1.54) is 11.3 Å². The average molecular weight is 311 g/mol. The Morgan fingerprint density at radius 2 is 2.13 bits per heavy atom. The highest BCUT2D eigenvalue weighted by Gasteiger charge is 2.14. The van der Waals surface area contributed by atoms with E-state index in [0.717, 1.165) is 21.1 Å². The summed E-state index contributed by atoms with van der Waals surface area (Å²) in [6, 6.07) is 2.49. The van der Waals surface area contributed by atoms with Crippen LogP contribution in [0.25, 0.3) is 0 Å². The number of thiophene rings is 1. The molecule has 0 aliphatic heterocycles. The van der Waals surface area contributed by atoms with Crippen molar-refractivity contribution in [2.45, 2.75) is 32.7 Å². The molecule has 1 N–H and O–H groups in total. The van der Waals surface area contributed by atoms with E-state index in [4.69, 9.17) is 11.6 Å². The smallest absolute Gasteiger partial charge is 0.0887 e. The Bertz CT molecular complexity index is 292. The van der Waals surface area contributed by atoms with Gasteiger partial charge in [-0.3, -0.25) is 0 Å². The molecule has 1 atom stereocenters. The Balaban J connectivity index is 2.65. The minimum atomic E-state index is 0.432. The number of hydrogen-bond acceptors (Lipinski definition) is 2. The normalized spacial score (nSPS) is 13.5. The molecule has 0 fully saturated rings. The predicted octanol–water partition coefficient (Wildman–Crippen LogP) is 4.86. The zero-order chi connectivity index (χ0) is 11.4. The van der Waals surface area contributed by atoms with Gasteiger partial charge in [-0.1, -0.05) is 25.4 Å². The molecule has 15 heavy (non-hydrogen) atoms. The van der Waals surface area contributed by atoms with Gasteiger partial charge in [-0.25, -0.2) is 0 Å². The SMILES string of the molecule is CNC(CCC(C)C)c1cc(Cl)c(Br)s1. The first-order chi connectivity index (χ1) is 7.04. The molecule has 86 valence electrons. The quantitative estimate of drug-likeness (QED) is 0.819. The van der Waals surface area contributed by atoms with Crippen molar-refractivity contribution >= 4 is 38.9 Å². The number of halogens is 2. The van der Waals surface area contributed by atoms with Crippen LogP contribution in [0.15, 0.2) is 9.85 Å². The predicted molar refractivity (Wildman–Crippen MR) is 72.9 cm³/mol. The summed E-state index contributed by atoms with van der Waals surface area (Å²) in [6.07, 6.45) is 2.40. The van der Waals surface area contributed by atoms with Gasteiger partial charge in [0.15, 0.2) is 0 Å². The van der Waals surface area contributed by atoms with Crippen molar-refractivity contribution in [3.05, 3.63) is 19.8 Å². The Kier molecular flexibility index (Phi) is 5.61. The van der Waals surface area contributed by atoms with Crippen LogP contribution in [0.3, 0.4) is 0 Å². The lowest BCUT2D eigenvalue weighted by Gasteiger charge is -2.15. The van der Waals surface area contributed by atoms with Crippen LogP contribution in [0, 0.1) is 5.92 Å². The second-order valence-corrected chi connectivity index (χ2v) is 6.89. The van der Waals surface area contributed by atoms with E-state index in [1.54, 1.807) is 11.3 Å². The molecule has 0 bridgehead atoms. The Morgan fingerprint density at radius 3 is 2.53 bits per heavy atom. The molecule has 1 heterocycles. The summed E-state index contributed by atoms with van der Waals surface area (Å²) < 4.78 is 1.03. The van der Waals surface area contributed by atoms with Gasteiger partial charge < -0.3 is 5.32 Å².